The van der Waals surface area contributed by atoms with Crippen LogP contribution >= 0.6 is 0 Å². The summed E-state index contributed by atoms with van der Waals surface area (Å²) in [4.78, 5) is 23.0. The first-order chi connectivity index (χ1) is 10.9. The highest BCUT2D eigenvalue weighted by Gasteiger charge is 2.10. The maximum atomic E-state index is 11.8. The van der Waals surface area contributed by atoms with E-state index in [1.165, 1.54) is 6.08 Å². The van der Waals surface area contributed by atoms with Crippen LogP contribution in [0.15, 0.2) is 30.3 Å². The summed E-state index contributed by atoms with van der Waals surface area (Å²) in [6.45, 7) is 8.50. The molecule has 0 aliphatic heterocycles. The van der Waals surface area contributed by atoms with Gasteiger partial charge in [0.1, 0.15) is 0 Å². The van der Waals surface area contributed by atoms with Crippen LogP contribution in [0.2, 0.25) is 0 Å². The van der Waals surface area contributed by atoms with Gasteiger partial charge in [-0.3, -0.25) is 4.79 Å². The number of carbonyl (C=O) groups excluding carboxylic acids is 2. The number of nitrogens with one attached hydrogen (secondary N) is 2. The van der Waals surface area contributed by atoms with E-state index in [0.717, 1.165) is 11.3 Å². The summed E-state index contributed by atoms with van der Waals surface area (Å²) in [5, 5.41) is 6.02. The first-order valence-corrected chi connectivity index (χ1v) is 7.90. The van der Waals surface area contributed by atoms with Gasteiger partial charge in [-0.2, -0.15) is 0 Å². The molecule has 0 bridgehead atoms. The number of rotatable bonds is 8. The van der Waals surface area contributed by atoms with Gasteiger partial charge in [0.25, 0.3) is 0 Å². The van der Waals surface area contributed by atoms with Crippen molar-refractivity contribution in [3.8, 4) is 0 Å². The SMILES string of the molecule is CCOC(=O)/C=C/c1ccc(NCC(=O)NC(C)C(C)C)cc1. The van der Waals surface area contributed by atoms with Crippen LogP contribution < -0.4 is 10.6 Å². The van der Waals surface area contributed by atoms with Gasteiger partial charge in [0.15, 0.2) is 0 Å². The normalized spacial score (nSPS) is 12.2. The molecule has 0 radical (unpaired) electrons. The molecule has 0 spiro atoms. The van der Waals surface area contributed by atoms with E-state index in [2.05, 4.69) is 24.5 Å². The quantitative estimate of drug-likeness (QED) is 0.571. The van der Waals surface area contributed by atoms with Crippen molar-refractivity contribution in [1.29, 1.82) is 0 Å². The zero-order chi connectivity index (χ0) is 17.2. The molecule has 0 aromatic heterocycles. The Bertz CT molecular complexity index is 536. The minimum atomic E-state index is -0.356. The Morgan fingerprint density at radius 3 is 2.39 bits per heavy atom. The van der Waals surface area contributed by atoms with Gasteiger partial charge in [-0.1, -0.05) is 26.0 Å². The van der Waals surface area contributed by atoms with Crippen LogP contribution in [0.3, 0.4) is 0 Å². The smallest absolute Gasteiger partial charge is 0.330 e. The average Bonchev–Trinajstić information content (AvgIpc) is 2.52. The number of anilines is 1. The fraction of sp³-hybridized carbons (Fsp3) is 0.444. The van der Waals surface area contributed by atoms with E-state index in [1.807, 2.05) is 31.2 Å². The topological polar surface area (TPSA) is 67.4 Å². The lowest BCUT2D eigenvalue weighted by Gasteiger charge is -2.17. The van der Waals surface area contributed by atoms with Gasteiger partial charge in [0.05, 0.1) is 13.2 Å². The van der Waals surface area contributed by atoms with Crippen LogP contribution in [0.25, 0.3) is 6.08 Å². The lowest BCUT2D eigenvalue weighted by atomic mass is 10.1. The number of hydrogen-bond donors (Lipinski definition) is 2. The number of amides is 1. The number of benzene rings is 1. The summed E-state index contributed by atoms with van der Waals surface area (Å²) in [6, 6.07) is 7.62. The zero-order valence-electron chi connectivity index (χ0n) is 14.3. The van der Waals surface area contributed by atoms with Crippen molar-refractivity contribution in [2.75, 3.05) is 18.5 Å². The molecule has 0 aliphatic rings. The third kappa shape index (κ3) is 7.49. The monoisotopic (exact) mass is 318 g/mol. The number of carbonyl (C=O) groups is 2. The lowest BCUT2D eigenvalue weighted by molar-refractivity contribution is -0.137. The zero-order valence-corrected chi connectivity index (χ0v) is 14.3. The predicted molar refractivity (Wildman–Crippen MR) is 93.0 cm³/mol. The van der Waals surface area contributed by atoms with Crippen LogP contribution in [0.1, 0.15) is 33.3 Å². The van der Waals surface area contributed by atoms with E-state index >= 15 is 0 Å². The Morgan fingerprint density at radius 2 is 1.83 bits per heavy atom. The molecule has 0 saturated carbocycles. The van der Waals surface area contributed by atoms with Crippen molar-refractivity contribution < 1.29 is 14.3 Å². The molecular formula is C18H26N2O3. The molecule has 2 N–H and O–H groups in total. The van der Waals surface area contributed by atoms with E-state index in [1.54, 1.807) is 13.0 Å². The van der Waals surface area contributed by atoms with Crippen LogP contribution in [-0.2, 0) is 14.3 Å². The highest BCUT2D eigenvalue weighted by Crippen LogP contribution is 2.10. The second-order valence-corrected chi connectivity index (χ2v) is 5.66. The van der Waals surface area contributed by atoms with Crippen molar-refractivity contribution in [3.05, 3.63) is 35.9 Å². The molecule has 1 unspecified atom stereocenters. The molecule has 1 aromatic rings. The minimum absolute atomic E-state index is 0.0301. The van der Waals surface area contributed by atoms with Crippen molar-refractivity contribution in [3.63, 3.8) is 0 Å². The molecule has 1 rings (SSSR count). The van der Waals surface area contributed by atoms with Crippen LogP contribution in [0.4, 0.5) is 5.69 Å². The molecule has 1 aromatic carbocycles. The van der Waals surface area contributed by atoms with Gasteiger partial charge >= 0.3 is 5.97 Å². The summed E-state index contributed by atoms with van der Waals surface area (Å²) in [5.41, 5.74) is 1.74. The molecule has 0 aliphatic carbocycles. The predicted octanol–water partition coefficient (Wildman–Crippen LogP) is 2.84. The maximum absolute atomic E-state index is 11.8. The molecular weight excluding hydrogens is 292 g/mol. The standard InChI is InChI=1S/C18H26N2O3/c1-5-23-18(22)11-8-15-6-9-16(10-7-15)19-12-17(21)20-14(4)13(2)3/h6-11,13-14,19H,5,12H2,1-4H3,(H,20,21)/b11-8+. The van der Waals surface area contributed by atoms with E-state index in [9.17, 15) is 9.59 Å². The van der Waals surface area contributed by atoms with Gasteiger partial charge in [0.2, 0.25) is 5.91 Å². The van der Waals surface area contributed by atoms with Crippen molar-refractivity contribution >= 4 is 23.6 Å². The highest BCUT2D eigenvalue weighted by molar-refractivity contribution is 5.87. The molecule has 5 heteroatoms. The van der Waals surface area contributed by atoms with Gasteiger partial charge in [-0.05, 0) is 43.5 Å². The fourth-order valence-corrected chi connectivity index (χ4v) is 1.72. The summed E-state index contributed by atoms with van der Waals surface area (Å²) in [6.07, 6.45) is 3.09. The van der Waals surface area contributed by atoms with E-state index in [4.69, 9.17) is 4.74 Å². The number of ether oxygens (including phenoxy) is 1. The largest absolute Gasteiger partial charge is 0.463 e. The van der Waals surface area contributed by atoms with Gasteiger partial charge < -0.3 is 15.4 Å². The summed E-state index contributed by atoms with van der Waals surface area (Å²) < 4.78 is 4.82. The Balaban J connectivity index is 2.45. The van der Waals surface area contributed by atoms with Gasteiger partial charge in [0, 0.05) is 17.8 Å². The summed E-state index contributed by atoms with van der Waals surface area (Å²) in [7, 11) is 0. The molecule has 1 amide bonds. The number of hydrogen-bond acceptors (Lipinski definition) is 4. The highest BCUT2D eigenvalue weighted by atomic mass is 16.5. The van der Waals surface area contributed by atoms with E-state index in [0.29, 0.717) is 12.5 Å². The van der Waals surface area contributed by atoms with E-state index < -0.39 is 0 Å². The molecule has 5 nitrogen and oxygen atoms in total. The van der Waals surface area contributed by atoms with Gasteiger partial charge in [-0.15, -0.1) is 0 Å². The Labute approximate surface area is 138 Å². The van der Waals surface area contributed by atoms with Crippen LogP contribution in [0.5, 0.6) is 0 Å². The second kappa shape index (κ2) is 9.66. The van der Waals surface area contributed by atoms with Crippen molar-refractivity contribution in [2.24, 2.45) is 5.92 Å². The van der Waals surface area contributed by atoms with E-state index in [-0.39, 0.29) is 24.5 Å². The van der Waals surface area contributed by atoms with Crippen LogP contribution in [-0.4, -0.2) is 31.1 Å². The molecule has 126 valence electrons. The molecule has 23 heavy (non-hydrogen) atoms. The van der Waals surface area contributed by atoms with Crippen LogP contribution in [0, 0.1) is 5.92 Å². The first-order valence-electron chi connectivity index (χ1n) is 7.90. The molecule has 0 heterocycles. The maximum Gasteiger partial charge on any atom is 0.330 e. The Hall–Kier alpha value is -2.30. The molecule has 0 saturated heterocycles. The molecule has 0 fully saturated rings. The number of esters is 1. The average molecular weight is 318 g/mol. The Kier molecular flexibility index (Phi) is 7.88. The Morgan fingerprint density at radius 1 is 1.17 bits per heavy atom. The first kappa shape index (κ1) is 18.7. The lowest BCUT2D eigenvalue weighted by Crippen LogP contribution is -2.39. The third-order valence-electron chi connectivity index (χ3n) is 3.45. The second-order valence-electron chi connectivity index (χ2n) is 5.66. The summed E-state index contributed by atoms with van der Waals surface area (Å²) >= 11 is 0. The van der Waals surface area contributed by atoms with Crippen molar-refractivity contribution in [1.82, 2.24) is 5.32 Å². The minimum Gasteiger partial charge on any atom is -0.463 e. The summed E-state index contributed by atoms with van der Waals surface area (Å²) in [5.74, 6) is 0.0209. The fourth-order valence-electron chi connectivity index (χ4n) is 1.72. The third-order valence-corrected chi connectivity index (χ3v) is 3.45. The van der Waals surface area contributed by atoms with Gasteiger partial charge in [-0.25, -0.2) is 4.79 Å². The molecule has 1 atom stereocenters. The van der Waals surface area contributed by atoms with Crippen molar-refractivity contribution in [2.45, 2.75) is 33.7 Å².